The number of hydrogen-bond acceptors (Lipinski definition) is 4. The molecular formula is C29H28FN3O4. The van der Waals surface area contributed by atoms with Crippen LogP contribution in [0.25, 0.3) is 0 Å². The van der Waals surface area contributed by atoms with Crippen LogP contribution in [0.4, 0.5) is 14.9 Å². The zero-order chi connectivity index (χ0) is 25.9. The fourth-order valence-corrected chi connectivity index (χ4v) is 4.37. The van der Waals surface area contributed by atoms with Gasteiger partial charge in [0.25, 0.3) is 5.91 Å². The van der Waals surface area contributed by atoms with Crippen molar-refractivity contribution in [3.63, 3.8) is 0 Å². The van der Waals surface area contributed by atoms with Gasteiger partial charge in [-0.1, -0.05) is 54.1 Å². The zero-order valence-corrected chi connectivity index (χ0v) is 20.4. The Morgan fingerprint density at radius 2 is 1.70 bits per heavy atom. The molecule has 0 radical (unpaired) electrons. The number of hydrogen-bond donors (Lipinski definition) is 2. The minimum absolute atomic E-state index is 0.0598. The van der Waals surface area contributed by atoms with Crippen molar-refractivity contribution >= 4 is 23.6 Å². The summed E-state index contributed by atoms with van der Waals surface area (Å²) in [5.41, 5.74) is 3.01. The highest BCUT2D eigenvalue weighted by atomic mass is 19.1. The summed E-state index contributed by atoms with van der Waals surface area (Å²) in [6, 6.07) is 19.4. The monoisotopic (exact) mass is 501 g/mol. The van der Waals surface area contributed by atoms with E-state index >= 15 is 0 Å². The van der Waals surface area contributed by atoms with Gasteiger partial charge in [0.15, 0.2) is 12.1 Å². The van der Waals surface area contributed by atoms with Crippen LogP contribution in [0, 0.1) is 18.7 Å². The molecule has 7 nitrogen and oxygen atoms in total. The van der Waals surface area contributed by atoms with Crippen molar-refractivity contribution in [1.29, 1.82) is 0 Å². The van der Waals surface area contributed by atoms with Crippen LogP contribution in [0.5, 0.6) is 0 Å². The van der Waals surface area contributed by atoms with Gasteiger partial charge in [-0.3, -0.25) is 14.5 Å². The molecule has 3 aromatic carbocycles. The van der Waals surface area contributed by atoms with Crippen LogP contribution in [-0.4, -0.2) is 35.4 Å². The number of nitrogens with zero attached hydrogens (tertiary/aromatic N) is 1. The SMILES string of the molecule is Cc1ccc(CN2C(=O)OC(c3ccc(NC(=O)c4ccccc4F)cc3)C2C(=O)NCC2CC2)cc1. The molecule has 3 aromatic rings. The van der Waals surface area contributed by atoms with E-state index in [1.807, 2.05) is 31.2 Å². The first-order chi connectivity index (χ1) is 17.9. The first-order valence-corrected chi connectivity index (χ1v) is 12.4. The van der Waals surface area contributed by atoms with Crippen molar-refractivity contribution in [2.45, 2.75) is 38.5 Å². The Balaban J connectivity index is 1.35. The molecule has 2 atom stereocenters. The van der Waals surface area contributed by atoms with Gasteiger partial charge in [-0.05, 0) is 61.1 Å². The topological polar surface area (TPSA) is 87.7 Å². The fourth-order valence-electron chi connectivity index (χ4n) is 4.37. The lowest BCUT2D eigenvalue weighted by molar-refractivity contribution is -0.126. The third-order valence-corrected chi connectivity index (χ3v) is 6.70. The molecule has 37 heavy (non-hydrogen) atoms. The Labute approximate surface area is 214 Å². The van der Waals surface area contributed by atoms with E-state index in [9.17, 15) is 18.8 Å². The number of halogens is 1. The highest BCUT2D eigenvalue weighted by molar-refractivity contribution is 6.04. The molecule has 0 aromatic heterocycles. The molecule has 1 aliphatic heterocycles. The van der Waals surface area contributed by atoms with Gasteiger partial charge in [0.1, 0.15) is 5.82 Å². The second kappa shape index (κ2) is 10.4. The van der Waals surface area contributed by atoms with Crippen LogP contribution < -0.4 is 10.6 Å². The fraction of sp³-hybridized carbons (Fsp3) is 0.276. The summed E-state index contributed by atoms with van der Waals surface area (Å²) in [5.74, 6) is -0.946. The number of aryl methyl sites for hydroxylation is 1. The molecule has 0 spiro atoms. The Morgan fingerprint density at radius 1 is 1.00 bits per heavy atom. The first-order valence-electron chi connectivity index (χ1n) is 12.4. The minimum atomic E-state index is -0.841. The number of amides is 3. The maximum atomic E-state index is 13.9. The van der Waals surface area contributed by atoms with E-state index in [4.69, 9.17) is 4.74 Å². The number of ether oxygens (including phenoxy) is 1. The number of cyclic esters (lactones) is 1. The molecule has 2 unspecified atom stereocenters. The van der Waals surface area contributed by atoms with E-state index in [0.29, 0.717) is 23.7 Å². The number of carbonyl (C=O) groups is 3. The molecule has 8 heteroatoms. The number of rotatable bonds is 8. The van der Waals surface area contributed by atoms with Crippen LogP contribution in [0.15, 0.2) is 72.8 Å². The molecule has 1 aliphatic carbocycles. The van der Waals surface area contributed by atoms with E-state index in [2.05, 4.69) is 10.6 Å². The number of carbonyl (C=O) groups excluding carboxylic acids is 3. The predicted molar refractivity (Wildman–Crippen MR) is 136 cm³/mol. The summed E-state index contributed by atoms with van der Waals surface area (Å²) in [4.78, 5) is 40.1. The molecule has 2 N–H and O–H groups in total. The summed E-state index contributed by atoms with van der Waals surface area (Å²) in [5, 5.41) is 5.66. The highest BCUT2D eigenvalue weighted by Gasteiger charge is 2.47. The summed E-state index contributed by atoms with van der Waals surface area (Å²) in [6.45, 7) is 2.81. The number of nitrogens with one attached hydrogen (secondary N) is 2. The third-order valence-electron chi connectivity index (χ3n) is 6.70. The van der Waals surface area contributed by atoms with Crippen LogP contribution in [-0.2, 0) is 16.1 Å². The van der Waals surface area contributed by atoms with Crippen molar-refractivity contribution in [2.24, 2.45) is 5.92 Å². The maximum absolute atomic E-state index is 13.9. The van der Waals surface area contributed by atoms with Gasteiger partial charge in [-0.15, -0.1) is 0 Å². The standard InChI is InChI=1S/C29H28FN3O4/c1-18-6-8-20(9-7-18)17-33-25(28(35)31-16-19-10-11-19)26(37-29(33)36)21-12-14-22(15-13-21)32-27(34)23-4-2-3-5-24(23)30/h2-9,12-15,19,25-26H,10-11,16-17H2,1H3,(H,31,35)(H,32,34). The van der Waals surface area contributed by atoms with Gasteiger partial charge >= 0.3 is 6.09 Å². The van der Waals surface area contributed by atoms with Crippen molar-refractivity contribution in [3.05, 3.63) is 101 Å². The van der Waals surface area contributed by atoms with Gasteiger partial charge < -0.3 is 15.4 Å². The normalized spacial score (nSPS) is 18.9. The van der Waals surface area contributed by atoms with Crippen molar-refractivity contribution in [1.82, 2.24) is 10.2 Å². The molecule has 1 saturated carbocycles. The first kappa shape index (κ1) is 24.5. The third kappa shape index (κ3) is 5.63. The Morgan fingerprint density at radius 3 is 2.38 bits per heavy atom. The largest absolute Gasteiger partial charge is 0.438 e. The number of benzene rings is 3. The molecule has 1 saturated heterocycles. The Kier molecular flexibility index (Phi) is 6.90. The minimum Gasteiger partial charge on any atom is -0.438 e. The van der Waals surface area contributed by atoms with Gasteiger partial charge in [-0.25, -0.2) is 9.18 Å². The summed E-state index contributed by atoms with van der Waals surface area (Å²) in [6.07, 6.45) is 0.816. The van der Waals surface area contributed by atoms with E-state index in [1.54, 1.807) is 30.3 Å². The van der Waals surface area contributed by atoms with E-state index in [-0.39, 0.29) is 18.0 Å². The molecule has 0 bridgehead atoms. The van der Waals surface area contributed by atoms with Crippen molar-refractivity contribution < 1.29 is 23.5 Å². The molecule has 5 rings (SSSR count). The maximum Gasteiger partial charge on any atom is 0.411 e. The van der Waals surface area contributed by atoms with E-state index in [1.165, 1.54) is 23.1 Å². The molecule has 3 amide bonds. The molecule has 2 aliphatic rings. The van der Waals surface area contributed by atoms with Gasteiger partial charge in [-0.2, -0.15) is 0 Å². The van der Waals surface area contributed by atoms with Crippen LogP contribution in [0.2, 0.25) is 0 Å². The van der Waals surface area contributed by atoms with Crippen LogP contribution in [0.1, 0.15) is 46.0 Å². The van der Waals surface area contributed by atoms with Crippen molar-refractivity contribution in [2.75, 3.05) is 11.9 Å². The average Bonchev–Trinajstić information content (AvgIpc) is 3.67. The highest BCUT2D eigenvalue weighted by Crippen LogP contribution is 2.35. The molecule has 1 heterocycles. The lowest BCUT2D eigenvalue weighted by Crippen LogP contribution is -2.46. The zero-order valence-electron chi connectivity index (χ0n) is 20.4. The van der Waals surface area contributed by atoms with Gasteiger partial charge in [0, 0.05) is 12.2 Å². The molecular weight excluding hydrogens is 473 g/mol. The molecule has 2 fully saturated rings. The van der Waals surface area contributed by atoms with E-state index in [0.717, 1.165) is 24.0 Å². The second-order valence-corrected chi connectivity index (χ2v) is 9.61. The predicted octanol–water partition coefficient (Wildman–Crippen LogP) is 4.97. The summed E-state index contributed by atoms with van der Waals surface area (Å²) >= 11 is 0. The van der Waals surface area contributed by atoms with Crippen LogP contribution in [0.3, 0.4) is 0 Å². The lowest BCUT2D eigenvalue weighted by atomic mass is 10.00. The summed E-state index contributed by atoms with van der Waals surface area (Å²) in [7, 11) is 0. The Bertz CT molecular complexity index is 1310. The van der Waals surface area contributed by atoms with Gasteiger partial charge in [0.2, 0.25) is 5.91 Å². The van der Waals surface area contributed by atoms with E-state index < -0.39 is 30.0 Å². The summed E-state index contributed by atoms with van der Waals surface area (Å²) < 4.78 is 19.7. The second-order valence-electron chi connectivity index (χ2n) is 9.61. The molecule has 190 valence electrons. The Hall–Kier alpha value is -4.20. The van der Waals surface area contributed by atoms with Crippen molar-refractivity contribution in [3.8, 4) is 0 Å². The lowest BCUT2D eigenvalue weighted by Gasteiger charge is -2.24. The quantitative estimate of drug-likeness (QED) is 0.456. The van der Waals surface area contributed by atoms with Gasteiger partial charge in [0.05, 0.1) is 12.1 Å². The van der Waals surface area contributed by atoms with Crippen LogP contribution >= 0.6 is 0 Å². The number of anilines is 1. The smallest absolute Gasteiger partial charge is 0.411 e. The average molecular weight is 502 g/mol.